The van der Waals surface area contributed by atoms with E-state index in [9.17, 15) is 5.11 Å². The minimum atomic E-state index is 0.0500. The first kappa shape index (κ1) is 13.0. The molecule has 0 saturated heterocycles. The van der Waals surface area contributed by atoms with E-state index >= 15 is 0 Å². The highest BCUT2D eigenvalue weighted by molar-refractivity contribution is 5.61. The molecule has 20 heavy (non-hydrogen) atoms. The summed E-state index contributed by atoms with van der Waals surface area (Å²) >= 11 is 0. The third-order valence-corrected chi connectivity index (χ3v) is 3.79. The fraction of sp³-hybridized carbons (Fsp3) is 0.294. The van der Waals surface area contributed by atoms with Crippen molar-refractivity contribution in [3.8, 4) is 5.75 Å². The molecule has 2 aromatic carbocycles. The zero-order valence-electron chi connectivity index (χ0n) is 11.7. The largest absolute Gasteiger partial charge is 0.490 e. The molecule has 0 fully saturated rings. The molecule has 1 aliphatic heterocycles. The van der Waals surface area contributed by atoms with Gasteiger partial charge in [0.15, 0.2) is 0 Å². The third-order valence-electron chi connectivity index (χ3n) is 3.79. The number of rotatable bonds is 3. The summed E-state index contributed by atoms with van der Waals surface area (Å²) in [7, 11) is 0. The van der Waals surface area contributed by atoms with Gasteiger partial charge in [0.25, 0.3) is 0 Å². The number of hydrogen-bond acceptors (Lipinski definition) is 3. The van der Waals surface area contributed by atoms with E-state index in [0.29, 0.717) is 6.61 Å². The van der Waals surface area contributed by atoms with E-state index < -0.39 is 0 Å². The van der Waals surface area contributed by atoms with Crippen LogP contribution in [0.2, 0.25) is 0 Å². The molecule has 0 bridgehead atoms. The molecule has 1 N–H and O–H groups in total. The fourth-order valence-electron chi connectivity index (χ4n) is 2.58. The van der Waals surface area contributed by atoms with Gasteiger partial charge >= 0.3 is 0 Å². The predicted molar refractivity (Wildman–Crippen MR) is 80.1 cm³/mol. The summed E-state index contributed by atoms with van der Waals surface area (Å²) in [5.74, 6) is 0.872. The van der Waals surface area contributed by atoms with Crippen LogP contribution in [0.15, 0.2) is 42.5 Å². The molecule has 0 radical (unpaired) electrons. The SMILES string of the molecule is Cc1ccccc1CN1CCOc2cc(CO)ccc21. The van der Waals surface area contributed by atoms with Gasteiger partial charge in [-0.25, -0.2) is 0 Å². The van der Waals surface area contributed by atoms with Gasteiger partial charge in [-0.1, -0.05) is 30.3 Å². The fourth-order valence-corrected chi connectivity index (χ4v) is 2.58. The highest BCUT2D eigenvalue weighted by Crippen LogP contribution is 2.33. The van der Waals surface area contributed by atoms with Crippen LogP contribution in [-0.4, -0.2) is 18.3 Å². The molecular weight excluding hydrogens is 250 g/mol. The number of aryl methyl sites for hydroxylation is 1. The molecule has 1 aliphatic rings. The molecule has 2 aromatic rings. The van der Waals surface area contributed by atoms with E-state index in [1.165, 1.54) is 11.1 Å². The Morgan fingerprint density at radius 2 is 2.05 bits per heavy atom. The Morgan fingerprint density at radius 3 is 2.85 bits per heavy atom. The maximum absolute atomic E-state index is 9.21. The summed E-state index contributed by atoms with van der Waals surface area (Å²) in [6, 6.07) is 14.4. The Balaban J connectivity index is 1.88. The highest BCUT2D eigenvalue weighted by Gasteiger charge is 2.18. The van der Waals surface area contributed by atoms with Crippen molar-refractivity contribution in [1.82, 2.24) is 0 Å². The number of fused-ring (bicyclic) bond motifs is 1. The molecule has 3 heteroatoms. The Kier molecular flexibility index (Phi) is 3.61. The first-order valence-electron chi connectivity index (χ1n) is 6.94. The van der Waals surface area contributed by atoms with E-state index in [1.54, 1.807) is 0 Å². The molecule has 3 nitrogen and oxygen atoms in total. The Hall–Kier alpha value is -2.00. The molecule has 0 saturated carbocycles. The highest BCUT2D eigenvalue weighted by atomic mass is 16.5. The Bertz CT molecular complexity index is 610. The average molecular weight is 269 g/mol. The van der Waals surface area contributed by atoms with E-state index in [1.807, 2.05) is 18.2 Å². The molecule has 0 spiro atoms. The van der Waals surface area contributed by atoms with Crippen molar-refractivity contribution in [2.75, 3.05) is 18.1 Å². The quantitative estimate of drug-likeness (QED) is 0.930. The van der Waals surface area contributed by atoms with Gasteiger partial charge in [-0.2, -0.15) is 0 Å². The van der Waals surface area contributed by atoms with Crippen LogP contribution in [0.5, 0.6) is 5.75 Å². The summed E-state index contributed by atoms with van der Waals surface area (Å²) in [6.07, 6.45) is 0. The second-order valence-electron chi connectivity index (χ2n) is 5.16. The summed E-state index contributed by atoms with van der Waals surface area (Å²) in [5, 5.41) is 9.21. The van der Waals surface area contributed by atoms with Gasteiger partial charge in [0, 0.05) is 6.54 Å². The summed E-state index contributed by atoms with van der Waals surface area (Å²) in [6.45, 7) is 4.66. The van der Waals surface area contributed by atoms with Gasteiger partial charge in [-0.15, -0.1) is 0 Å². The summed E-state index contributed by atoms with van der Waals surface area (Å²) in [4.78, 5) is 2.34. The van der Waals surface area contributed by atoms with Crippen LogP contribution in [0.1, 0.15) is 16.7 Å². The normalized spacial score (nSPS) is 13.8. The molecule has 0 unspecified atom stereocenters. The van der Waals surface area contributed by atoms with Crippen LogP contribution in [0, 0.1) is 6.92 Å². The van der Waals surface area contributed by atoms with Crippen molar-refractivity contribution in [2.45, 2.75) is 20.1 Å². The maximum atomic E-state index is 9.21. The van der Waals surface area contributed by atoms with Crippen LogP contribution < -0.4 is 9.64 Å². The van der Waals surface area contributed by atoms with Gasteiger partial charge in [-0.05, 0) is 35.7 Å². The molecule has 0 aromatic heterocycles. The van der Waals surface area contributed by atoms with E-state index in [-0.39, 0.29) is 6.61 Å². The third kappa shape index (κ3) is 2.49. The Morgan fingerprint density at radius 1 is 1.20 bits per heavy atom. The van der Waals surface area contributed by atoms with Crippen molar-refractivity contribution in [3.63, 3.8) is 0 Å². The lowest BCUT2D eigenvalue weighted by atomic mass is 10.1. The van der Waals surface area contributed by atoms with Crippen molar-refractivity contribution in [2.24, 2.45) is 0 Å². The number of benzene rings is 2. The average Bonchev–Trinajstić information content (AvgIpc) is 2.49. The summed E-state index contributed by atoms with van der Waals surface area (Å²) in [5.41, 5.74) is 4.65. The molecule has 0 aliphatic carbocycles. The van der Waals surface area contributed by atoms with Crippen LogP contribution in [0.3, 0.4) is 0 Å². The van der Waals surface area contributed by atoms with Gasteiger partial charge in [0.05, 0.1) is 18.8 Å². The minimum Gasteiger partial charge on any atom is -0.490 e. The first-order chi connectivity index (χ1) is 9.78. The van der Waals surface area contributed by atoms with Gasteiger partial charge < -0.3 is 14.7 Å². The van der Waals surface area contributed by atoms with Crippen molar-refractivity contribution in [3.05, 3.63) is 59.2 Å². The molecule has 3 rings (SSSR count). The van der Waals surface area contributed by atoms with Crippen LogP contribution in [0.25, 0.3) is 0 Å². The van der Waals surface area contributed by atoms with Crippen LogP contribution >= 0.6 is 0 Å². The number of ether oxygens (including phenoxy) is 1. The Labute approximate surface area is 119 Å². The second kappa shape index (κ2) is 5.55. The van der Waals surface area contributed by atoms with Crippen LogP contribution in [-0.2, 0) is 13.2 Å². The number of aliphatic hydroxyl groups is 1. The maximum Gasteiger partial charge on any atom is 0.143 e. The number of aliphatic hydroxyl groups excluding tert-OH is 1. The molecule has 0 atom stereocenters. The van der Waals surface area contributed by atoms with Gasteiger partial charge in [0.1, 0.15) is 12.4 Å². The molecule has 0 amide bonds. The van der Waals surface area contributed by atoms with Gasteiger partial charge in [-0.3, -0.25) is 0 Å². The van der Waals surface area contributed by atoms with Gasteiger partial charge in [0.2, 0.25) is 0 Å². The van der Waals surface area contributed by atoms with Crippen molar-refractivity contribution in [1.29, 1.82) is 0 Å². The zero-order chi connectivity index (χ0) is 13.9. The van der Waals surface area contributed by atoms with Crippen molar-refractivity contribution >= 4 is 5.69 Å². The standard InChI is InChI=1S/C17H19NO2/c1-13-4-2-3-5-15(13)11-18-8-9-20-17-10-14(12-19)6-7-16(17)18/h2-7,10,19H,8-9,11-12H2,1H3. The minimum absolute atomic E-state index is 0.0500. The van der Waals surface area contributed by atoms with Crippen LogP contribution in [0.4, 0.5) is 5.69 Å². The van der Waals surface area contributed by atoms with E-state index in [4.69, 9.17) is 4.74 Å². The second-order valence-corrected chi connectivity index (χ2v) is 5.16. The predicted octanol–water partition coefficient (Wildman–Crippen LogP) is 2.89. The molecule has 104 valence electrons. The summed E-state index contributed by atoms with van der Waals surface area (Å²) < 4.78 is 5.71. The number of hydrogen-bond donors (Lipinski definition) is 1. The molecular formula is C17H19NO2. The lowest BCUT2D eigenvalue weighted by Gasteiger charge is -2.32. The number of anilines is 1. The lowest BCUT2D eigenvalue weighted by Crippen LogP contribution is -2.32. The first-order valence-corrected chi connectivity index (χ1v) is 6.94. The zero-order valence-corrected chi connectivity index (χ0v) is 11.7. The van der Waals surface area contributed by atoms with E-state index in [0.717, 1.165) is 30.1 Å². The van der Waals surface area contributed by atoms with Crippen molar-refractivity contribution < 1.29 is 9.84 Å². The lowest BCUT2D eigenvalue weighted by molar-refractivity contribution is 0.278. The van der Waals surface area contributed by atoms with E-state index in [2.05, 4.69) is 36.1 Å². The monoisotopic (exact) mass is 269 g/mol. The molecule has 1 heterocycles. The number of nitrogens with zero attached hydrogens (tertiary/aromatic N) is 1. The topological polar surface area (TPSA) is 32.7 Å². The smallest absolute Gasteiger partial charge is 0.143 e.